The van der Waals surface area contributed by atoms with E-state index in [0.717, 1.165) is 27.1 Å². The van der Waals surface area contributed by atoms with Gasteiger partial charge in [0.1, 0.15) is 0 Å². The fourth-order valence-electron chi connectivity index (χ4n) is 2.60. The molecular formula is C16H15BrN2O. The first-order chi connectivity index (χ1) is 9.58. The number of fused-ring (bicyclic) bond motifs is 1. The molecule has 1 aliphatic heterocycles. The molecule has 3 rings (SSSR count). The normalized spacial score (nSPS) is 14.4. The molecule has 0 unspecified atom stereocenters. The van der Waals surface area contributed by atoms with Crippen molar-refractivity contribution in [1.82, 2.24) is 0 Å². The highest BCUT2D eigenvalue weighted by molar-refractivity contribution is 9.10. The maximum atomic E-state index is 12.5. The van der Waals surface area contributed by atoms with E-state index in [1.54, 1.807) is 0 Å². The summed E-state index contributed by atoms with van der Waals surface area (Å²) in [6.45, 7) is 2.42. The zero-order valence-electron chi connectivity index (χ0n) is 11.4. The molecule has 0 aromatic heterocycles. The van der Waals surface area contributed by atoms with Crippen molar-refractivity contribution < 1.29 is 4.79 Å². The third-order valence-electron chi connectivity index (χ3n) is 3.56. The molecule has 2 aromatic rings. The minimum absolute atomic E-state index is 0.0941. The van der Waals surface area contributed by atoms with Gasteiger partial charge < -0.3 is 4.90 Å². The van der Waals surface area contributed by atoms with Crippen LogP contribution in [0.5, 0.6) is 0 Å². The summed E-state index contributed by atoms with van der Waals surface area (Å²) in [5.41, 5.74) is 4.04. The summed E-state index contributed by atoms with van der Waals surface area (Å²) in [4.78, 5) is 16.3. The Labute approximate surface area is 126 Å². The predicted octanol–water partition coefficient (Wildman–Crippen LogP) is 3.87. The van der Waals surface area contributed by atoms with Crippen molar-refractivity contribution in [3.8, 4) is 0 Å². The number of carbonyl (C=O) groups excluding carboxylic acids is 1. The Morgan fingerprint density at radius 1 is 1.05 bits per heavy atom. The van der Waals surface area contributed by atoms with Gasteiger partial charge in [-0.1, -0.05) is 28.1 Å². The minimum Gasteiger partial charge on any atom is -0.364 e. The lowest BCUT2D eigenvalue weighted by Gasteiger charge is -2.35. The smallest absolute Gasteiger partial charge is 0.251 e. The molecule has 0 fully saturated rings. The molecule has 0 spiro atoms. The third kappa shape index (κ3) is 2.10. The van der Waals surface area contributed by atoms with Gasteiger partial charge in [0.05, 0.1) is 23.6 Å². The number of carbonyl (C=O) groups is 1. The van der Waals surface area contributed by atoms with E-state index in [-0.39, 0.29) is 5.91 Å². The van der Waals surface area contributed by atoms with Crippen molar-refractivity contribution in [2.45, 2.75) is 6.92 Å². The van der Waals surface area contributed by atoms with Crippen molar-refractivity contribution in [3.63, 3.8) is 0 Å². The van der Waals surface area contributed by atoms with Crippen molar-refractivity contribution in [3.05, 3.63) is 52.5 Å². The Balaban J connectivity index is 2.18. The average Bonchev–Trinajstić information content (AvgIpc) is 2.41. The number of halogens is 1. The molecule has 102 valence electrons. The zero-order chi connectivity index (χ0) is 14.3. The molecule has 0 radical (unpaired) electrons. The van der Waals surface area contributed by atoms with Crippen LogP contribution in [0, 0.1) is 6.92 Å². The van der Waals surface area contributed by atoms with E-state index in [1.807, 2.05) is 66.2 Å². The third-order valence-corrected chi connectivity index (χ3v) is 4.05. The van der Waals surface area contributed by atoms with E-state index in [2.05, 4.69) is 15.9 Å². The molecule has 1 aliphatic rings. The molecule has 1 heterocycles. The minimum atomic E-state index is 0.0941. The number of nitrogens with zero attached hydrogens (tertiary/aromatic N) is 2. The van der Waals surface area contributed by atoms with Gasteiger partial charge in [-0.3, -0.25) is 9.69 Å². The molecule has 0 saturated carbocycles. The second kappa shape index (κ2) is 4.94. The number of benzene rings is 2. The summed E-state index contributed by atoms with van der Waals surface area (Å²) in [5.74, 6) is 0.0941. The second-order valence-corrected chi connectivity index (χ2v) is 5.92. The number of aryl methyl sites for hydroxylation is 1. The van der Waals surface area contributed by atoms with Crippen LogP contribution in [0.2, 0.25) is 0 Å². The van der Waals surface area contributed by atoms with Crippen molar-refractivity contribution in [2.24, 2.45) is 0 Å². The van der Waals surface area contributed by atoms with Crippen molar-refractivity contribution in [1.29, 1.82) is 0 Å². The van der Waals surface area contributed by atoms with Crippen LogP contribution in [0.15, 0.2) is 46.9 Å². The number of hydrogen-bond donors (Lipinski definition) is 0. The average molecular weight is 331 g/mol. The quantitative estimate of drug-likeness (QED) is 0.792. The van der Waals surface area contributed by atoms with Gasteiger partial charge in [0.15, 0.2) is 0 Å². The first-order valence-electron chi connectivity index (χ1n) is 6.47. The summed E-state index contributed by atoms with van der Waals surface area (Å²) in [5, 5.41) is 0. The lowest BCUT2D eigenvalue weighted by Crippen LogP contribution is -2.41. The number of hydrogen-bond acceptors (Lipinski definition) is 2. The van der Waals surface area contributed by atoms with Crippen LogP contribution in [-0.2, 0) is 4.79 Å². The molecule has 20 heavy (non-hydrogen) atoms. The van der Waals surface area contributed by atoms with Gasteiger partial charge in [-0.15, -0.1) is 0 Å². The van der Waals surface area contributed by atoms with Crippen molar-refractivity contribution in [2.75, 3.05) is 23.4 Å². The fourth-order valence-corrected chi connectivity index (χ4v) is 3.08. The van der Waals surface area contributed by atoms with Gasteiger partial charge in [0.2, 0.25) is 0 Å². The molecule has 1 amide bonds. The Bertz CT molecular complexity index is 684. The van der Waals surface area contributed by atoms with Crippen LogP contribution < -0.4 is 9.80 Å². The number of rotatable bonds is 1. The van der Waals surface area contributed by atoms with Crippen LogP contribution in [0.1, 0.15) is 5.56 Å². The Kier molecular flexibility index (Phi) is 3.26. The summed E-state index contributed by atoms with van der Waals surface area (Å²) in [6, 6.07) is 14.0. The molecule has 0 bridgehead atoms. The predicted molar refractivity (Wildman–Crippen MR) is 85.7 cm³/mol. The number of para-hydroxylation sites is 2. The van der Waals surface area contributed by atoms with E-state index >= 15 is 0 Å². The van der Waals surface area contributed by atoms with Crippen LogP contribution in [0.25, 0.3) is 0 Å². The topological polar surface area (TPSA) is 23.6 Å². The summed E-state index contributed by atoms with van der Waals surface area (Å²) < 4.78 is 1.02. The number of amides is 1. The Morgan fingerprint density at radius 3 is 2.45 bits per heavy atom. The lowest BCUT2D eigenvalue weighted by molar-refractivity contribution is -0.116. The maximum Gasteiger partial charge on any atom is 0.251 e. The first-order valence-corrected chi connectivity index (χ1v) is 7.26. The molecule has 0 N–H and O–H groups in total. The molecule has 0 saturated heterocycles. The summed E-state index contributed by atoms with van der Waals surface area (Å²) >= 11 is 3.47. The Hall–Kier alpha value is -1.81. The second-order valence-electron chi connectivity index (χ2n) is 5.00. The van der Waals surface area contributed by atoms with Crippen LogP contribution >= 0.6 is 15.9 Å². The van der Waals surface area contributed by atoms with Crippen LogP contribution in [0.3, 0.4) is 0 Å². The fraction of sp³-hybridized carbons (Fsp3) is 0.188. The number of likely N-dealkylation sites (N-methyl/N-ethyl adjacent to an activating group) is 1. The molecule has 2 aromatic carbocycles. The van der Waals surface area contributed by atoms with Gasteiger partial charge in [0, 0.05) is 11.5 Å². The number of anilines is 3. The standard InChI is InChI=1S/C16H15BrN2O/c1-11-9-12(17)7-8-13(11)19-15-6-4-3-5-14(15)18(2)10-16(19)20/h3-9H,10H2,1-2H3. The highest BCUT2D eigenvalue weighted by Crippen LogP contribution is 2.39. The largest absolute Gasteiger partial charge is 0.364 e. The first kappa shape index (κ1) is 13.2. The lowest BCUT2D eigenvalue weighted by atomic mass is 10.1. The van der Waals surface area contributed by atoms with E-state index in [9.17, 15) is 4.79 Å². The van der Waals surface area contributed by atoms with E-state index < -0.39 is 0 Å². The highest BCUT2D eigenvalue weighted by atomic mass is 79.9. The van der Waals surface area contributed by atoms with Crippen molar-refractivity contribution >= 4 is 38.9 Å². The van der Waals surface area contributed by atoms with E-state index in [4.69, 9.17) is 0 Å². The maximum absolute atomic E-state index is 12.5. The zero-order valence-corrected chi connectivity index (χ0v) is 13.0. The molecular weight excluding hydrogens is 316 g/mol. The highest BCUT2D eigenvalue weighted by Gasteiger charge is 2.28. The molecule has 4 heteroatoms. The van der Waals surface area contributed by atoms with E-state index in [0.29, 0.717) is 6.54 Å². The van der Waals surface area contributed by atoms with Gasteiger partial charge in [-0.2, -0.15) is 0 Å². The molecule has 3 nitrogen and oxygen atoms in total. The molecule has 0 aliphatic carbocycles. The monoisotopic (exact) mass is 330 g/mol. The van der Waals surface area contributed by atoms with Gasteiger partial charge in [-0.25, -0.2) is 0 Å². The Morgan fingerprint density at radius 2 is 1.75 bits per heavy atom. The van der Waals surface area contributed by atoms with Crippen LogP contribution in [-0.4, -0.2) is 19.5 Å². The summed E-state index contributed by atoms with van der Waals surface area (Å²) in [7, 11) is 1.95. The molecule has 0 atom stereocenters. The summed E-state index contributed by atoms with van der Waals surface area (Å²) in [6.07, 6.45) is 0. The SMILES string of the molecule is Cc1cc(Br)ccc1N1C(=O)CN(C)c2ccccc21. The van der Waals surface area contributed by atoms with E-state index in [1.165, 1.54) is 0 Å². The van der Waals surface area contributed by atoms with Crippen LogP contribution in [0.4, 0.5) is 17.1 Å². The van der Waals surface area contributed by atoms with Gasteiger partial charge in [-0.05, 0) is 42.8 Å². The van der Waals surface area contributed by atoms with Gasteiger partial charge >= 0.3 is 0 Å². The van der Waals surface area contributed by atoms with Gasteiger partial charge in [0.25, 0.3) is 5.91 Å².